The zero-order valence-corrected chi connectivity index (χ0v) is 17.6. The molecule has 0 bridgehead atoms. The Labute approximate surface area is 180 Å². The Morgan fingerprint density at radius 1 is 1.10 bits per heavy atom. The molecule has 1 N–H and O–H groups in total. The molecule has 1 aromatic heterocycles. The number of hydrogen-bond acceptors (Lipinski definition) is 5. The Kier molecular flexibility index (Phi) is 6.02. The van der Waals surface area contributed by atoms with Crippen LogP contribution in [0.25, 0.3) is 11.3 Å². The number of aryl methyl sites for hydroxylation is 1. The van der Waals surface area contributed by atoms with E-state index >= 15 is 0 Å². The molecule has 3 aromatic rings. The molecule has 0 spiro atoms. The van der Waals surface area contributed by atoms with Crippen LogP contribution < -0.4 is 20.3 Å². The monoisotopic (exact) mass is 419 g/mol. The van der Waals surface area contributed by atoms with Gasteiger partial charge in [-0.2, -0.15) is 5.10 Å². The van der Waals surface area contributed by atoms with Crippen molar-refractivity contribution in [3.05, 3.63) is 76.1 Å². The minimum absolute atomic E-state index is 0.0396. The molecular formula is C24H25N3O4. The lowest BCUT2D eigenvalue weighted by atomic mass is 9.88. The molecule has 0 fully saturated rings. The summed E-state index contributed by atoms with van der Waals surface area (Å²) in [5.41, 5.74) is 3.42. The minimum Gasteiger partial charge on any atom is -0.493 e. The average Bonchev–Trinajstić information content (AvgIpc) is 2.80. The van der Waals surface area contributed by atoms with Crippen LogP contribution in [0.15, 0.2) is 59.4 Å². The second-order valence-corrected chi connectivity index (χ2v) is 7.50. The van der Waals surface area contributed by atoms with Crippen LogP contribution in [0.5, 0.6) is 11.5 Å². The molecular weight excluding hydrogens is 394 g/mol. The number of nitrogens with one attached hydrogen (secondary N) is 1. The molecule has 31 heavy (non-hydrogen) atoms. The minimum atomic E-state index is -0.330. The van der Waals surface area contributed by atoms with Crippen molar-refractivity contribution in [1.29, 1.82) is 0 Å². The summed E-state index contributed by atoms with van der Waals surface area (Å²) in [6, 6.07) is 16.6. The van der Waals surface area contributed by atoms with Crippen LogP contribution in [0.2, 0.25) is 0 Å². The fraction of sp³-hybridized carbons (Fsp3) is 0.292. The normalized spacial score (nSPS) is 15.1. The summed E-state index contributed by atoms with van der Waals surface area (Å²) in [7, 11) is 3.13. The van der Waals surface area contributed by atoms with E-state index in [1.54, 1.807) is 32.4 Å². The van der Waals surface area contributed by atoms with Crippen LogP contribution >= 0.6 is 0 Å². The van der Waals surface area contributed by atoms with Gasteiger partial charge < -0.3 is 14.8 Å². The molecule has 160 valence electrons. The zero-order chi connectivity index (χ0) is 21.8. The van der Waals surface area contributed by atoms with E-state index in [1.165, 1.54) is 16.3 Å². The summed E-state index contributed by atoms with van der Waals surface area (Å²) in [5.74, 6) is 0.931. The van der Waals surface area contributed by atoms with Crippen molar-refractivity contribution in [2.75, 3.05) is 14.2 Å². The fourth-order valence-corrected chi connectivity index (χ4v) is 3.99. The largest absolute Gasteiger partial charge is 0.493 e. The van der Waals surface area contributed by atoms with E-state index in [0.29, 0.717) is 17.2 Å². The van der Waals surface area contributed by atoms with Crippen LogP contribution in [0, 0.1) is 0 Å². The molecule has 1 aliphatic rings. The molecule has 0 aliphatic heterocycles. The van der Waals surface area contributed by atoms with E-state index in [4.69, 9.17) is 9.47 Å². The zero-order valence-electron chi connectivity index (χ0n) is 17.6. The van der Waals surface area contributed by atoms with E-state index in [1.807, 2.05) is 18.2 Å². The molecule has 7 heteroatoms. The van der Waals surface area contributed by atoms with E-state index in [-0.39, 0.29) is 24.1 Å². The van der Waals surface area contributed by atoms with Crippen LogP contribution in [-0.4, -0.2) is 29.9 Å². The van der Waals surface area contributed by atoms with Gasteiger partial charge in [0.25, 0.3) is 5.56 Å². The Morgan fingerprint density at radius 2 is 1.90 bits per heavy atom. The highest BCUT2D eigenvalue weighted by molar-refractivity contribution is 5.76. The maximum atomic E-state index is 12.7. The Bertz CT molecular complexity index is 1160. The molecule has 7 nitrogen and oxygen atoms in total. The van der Waals surface area contributed by atoms with Gasteiger partial charge in [0.2, 0.25) is 5.91 Å². The highest BCUT2D eigenvalue weighted by Gasteiger charge is 2.21. The van der Waals surface area contributed by atoms with Crippen LogP contribution in [0.3, 0.4) is 0 Å². The van der Waals surface area contributed by atoms with E-state index in [0.717, 1.165) is 30.4 Å². The number of fused-ring (bicyclic) bond motifs is 1. The van der Waals surface area contributed by atoms with Crippen molar-refractivity contribution in [1.82, 2.24) is 15.1 Å². The van der Waals surface area contributed by atoms with Crippen LogP contribution in [0.4, 0.5) is 0 Å². The van der Waals surface area contributed by atoms with Crippen molar-refractivity contribution in [3.8, 4) is 22.8 Å². The summed E-state index contributed by atoms with van der Waals surface area (Å²) >= 11 is 0. The molecule has 1 aliphatic carbocycles. The maximum Gasteiger partial charge on any atom is 0.267 e. The van der Waals surface area contributed by atoms with Crippen LogP contribution in [0.1, 0.15) is 30.0 Å². The summed E-state index contributed by atoms with van der Waals surface area (Å²) in [4.78, 5) is 25.1. The van der Waals surface area contributed by atoms with Gasteiger partial charge in [-0.05, 0) is 54.7 Å². The first-order valence-electron chi connectivity index (χ1n) is 10.3. The van der Waals surface area contributed by atoms with Gasteiger partial charge in [0.15, 0.2) is 11.5 Å². The second-order valence-electron chi connectivity index (χ2n) is 7.50. The van der Waals surface area contributed by atoms with Gasteiger partial charge in [0, 0.05) is 11.6 Å². The number of carbonyl (C=O) groups excluding carboxylic acids is 1. The van der Waals surface area contributed by atoms with Gasteiger partial charge in [-0.15, -0.1) is 0 Å². The Morgan fingerprint density at radius 3 is 2.71 bits per heavy atom. The number of carbonyl (C=O) groups is 1. The van der Waals surface area contributed by atoms with Crippen molar-refractivity contribution in [2.45, 2.75) is 31.8 Å². The predicted molar refractivity (Wildman–Crippen MR) is 117 cm³/mol. The summed E-state index contributed by atoms with van der Waals surface area (Å²) in [5, 5.41) is 7.47. The topological polar surface area (TPSA) is 82.5 Å². The second kappa shape index (κ2) is 9.04. The van der Waals surface area contributed by atoms with Crippen molar-refractivity contribution in [2.24, 2.45) is 0 Å². The summed E-state index contributed by atoms with van der Waals surface area (Å²) < 4.78 is 11.8. The number of ether oxygens (including phenoxy) is 2. The van der Waals surface area contributed by atoms with E-state index in [9.17, 15) is 9.59 Å². The summed E-state index contributed by atoms with van der Waals surface area (Å²) in [6.45, 7) is -0.140. The lowest BCUT2D eigenvalue weighted by molar-refractivity contribution is -0.122. The predicted octanol–water partition coefficient (Wildman–Crippen LogP) is 3.12. The molecule has 0 saturated carbocycles. The molecule has 2 aromatic carbocycles. The quantitative estimate of drug-likeness (QED) is 0.664. The number of aromatic nitrogens is 2. The van der Waals surface area contributed by atoms with Gasteiger partial charge >= 0.3 is 0 Å². The van der Waals surface area contributed by atoms with Gasteiger partial charge in [-0.25, -0.2) is 4.68 Å². The third kappa shape index (κ3) is 4.45. The molecule has 1 atom stereocenters. The standard InChI is InChI=1S/C24H25N3O4/c1-30-21-12-10-17(14-22(21)31-2)19-11-13-24(29)27(26-19)15-23(28)25-20-9-5-7-16-6-3-4-8-18(16)20/h3-4,6,8,10-14,20H,5,7,9,15H2,1-2H3,(H,25,28)/t20-/m1/s1. The van der Waals surface area contributed by atoms with Gasteiger partial charge in [0.05, 0.1) is 26.0 Å². The third-order valence-corrected chi connectivity index (χ3v) is 5.54. The van der Waals surface area contributed by atoms with E-state index < -0.39 is 0 Å². The Hall–Kier alpha value is -3.61. The fourth-order valence-electron chi connectivity index (χ4n) is 3.99. The molecule has 4 rings (SSSR count). The van der Waals surface area contributed by atoms with Crippen molar-refractivity contribution >= 4 is 5.91 Å². The van der Waals surface area contributed by atoms with Gasteiger partial charge in [-0.1, -0.05) is 24.3 Å². The first-order chi connectivity index (χ1) is 15.1. The van der Waals surface area contributed by atoms with E-state index in [2.05, 4.69) is 22.5 Å². The van der Waals surface area contributed by atoms with Gasteiger partial charge in [0.1, 0.15) is 6.54 Å². The highest BCUT2D eigenvalue weighted by atomic mass is 16.5. The lowest BCUT2D eigenvalue weighted by Gasteiger charge is -2.26. The lowest BCUT2D eigenvalue weighted by Crippen LogP contribution is -2.36. The molecule has 0 saturated heterocycles. The van der Waals surface area contributed by atoms with Crippen molar-refractivity contribution < 1.29 is 14.3 Å². The molecule has 0 unspecified atom stereocenters. The first-order valence-corrected chi connectivity index (χ1v) is 10.3. The van der Waals surface area contributed by atoms with Gasteiger partial charge in [-0.3, -0.25) is 9.59 Å². The third-order valence-electron chi connectivity index (χ3n) is 5.54. The molecule has 1 amide bonds. The smallest absolute Gasteiger partial charge is 0.267 e. The number of hydrogen-bond donors (Lipinski definition) is 1. The highest BCUT2D eigenvalue weighted by Crippen LogP contribution is 2.31. The number of methoxy groups -OCH3 is 2. The Balaban J connectivity index is 1.53. The number of rotatable bonds is 6. The van der Waals surface area contributed by atoms with Crippen LogP contribution in [-0.2, 0) is 17.8 Å². The number of benzene rings is 2. The molecule has 0 radical (unpaired) electrons. The SMILES string of the molecule is COc1ccc(-c2ccc(=O)n(CC(=O)N[C@@H]3CCCc4ccccc43)n2)cc1OC. The first kappa shape index (κ1) is 20.7. The number of nitrogens with zero attached hydrogens (tertiary/aromatic N) is 2. The molecule has 1 heterocycles. The maximum absolute atomic E-state index is 12.7. The summed E-state index contributed by atoms with van der Waals surface area (Å²) in [6.07, 6.45) is 2.93. The number of amides is 1. The van der Waals surface area contributed by atoms with Crippen molar-refractivity contribution in [3.63, 3.8) is 0 Å². The average molecular weight is 419 g/mol.